The molecule has 18 heavy (non-hydrogen) atoms. The van der Waals surface area contributed by atoms with E-state index in [-0.39, 0.29) is 24.2 Å². The molecule has 1 unspecified atom stereocenters. The lowest BCUT2D eigenvalue weighted by molar-refractivity contribution is -0.122. The summed E-state index contributed by atoms with van der Waals surface area (Å²) in [6.07, 6.45) is 0. The zero-order valence-electron chi connectivity index (χ0n) is 10.2. The van der Waals surface area contributed by atoms with Gasteiger partial charge in [-0.25, -0.2) is 0 Å². The molecule has 5 heteroatoms. The molecule has 0 radical (unpaired) electrons. The molecule has 0 saturated heterocycles. The first-order valence-corrected chi connectivity index (χ1v) is 5.68. The van der Waals surface area contributed by atoms with Crippen molar-refractivity contribution in [2.45, 2.75) is 12.8 Å². The predicted molar refractivity (Wildman–Crippen MR) is 73.9 cm³/mol. The lowest BCUT2D eigenvalue weighted by atomic mass is 10.1. The molecule has 2 rings (SSSR count). The van der Waals surface area contributed by atoms with Crippen LogP contribution in [0.4, 0.5) is 0 Å². The third-order valence-electron chi connectivity index (χ3n) is 2.71. The molecule has 98 valence electrons. The first-order chi connectivity index (χ1) is 8.22. The fourth-order valence-electron chi connectivity index (χ4n) is 1.69. The second kappa shape index (κ2) is 6.42. The second-order valence-electron chi connectivity index (χ2n) is 3.99. The zero-order valence-corrected chi connectivity index (χ0v) is 11.0. The summed E-state index contributed by atoms with van der Waals surface area (Å²) < 4.78 is 5.64. The van der Waals surface area contributed by atoms with E-state index >= 15 is 0 Å². The number of benzene rings is 1. The van der Waals surface area contributed by atoms with E-state index in [4.69, 9.17) is 10.2 Å². The molecule has 1 atom stereocenters. The molecule has 1 amide bonds. The van der Waals surface area contributed by atoms with Crippen molar-refractivity contribution in [1.29, 1.82) is 0 Å². The molecule has 0 aliphatic heterocycles. The first-order valence-electron chi connectivity index (χ1n) is 5.68. The number of hydrogen-bond acceptors (Lipinski definition) is 3. The van der Waals surface area contributed by atoms with E-state index in [9.17, 15) is 4.79 Å². The van der Waals surface area contributed by atoms with Gasteiger partial charge in [-0.2, -0.15) is 0 Å². The molecule has 0 saturated carbocycles. The Morgan fingerprint density at radius 2 is 2.17 bits per heavy atom. The number of carbonyl (C=O) groups is 1. The minimum absolute atomic E-state index is 0. The summed E-state index contributed by atoms with van der Waals surface area (Å²) in [4.78, 5) is 11.8. The Balaban J connectivity index is 0.00000162. The van der Waals surface area contributed by atoms with Gasteiger partial charge >= 0.3 is 0 Å². The quantitative estimate of drug-likeness (QED) is 0.892. The number of hydrogen-bond donors (Lipinski definition) is 2. The van der Waals surface area contributed by atoms with Crippen LogP contribution in [0.2, 0.25) is 0 Å². The van der Waals surface area contributed by atoms with E-state index in [0.717, 1.165) is 11.0 Å². The van der Waals surface area contributed by atoms with E-state index in [1.165, 1.54) is 0 Å². The normalized spacial score (nSPS) is 11.9. The monoisotopic (exact) mass is 268 g/mol. The van der Waals surface area contributed by atoms with Gasteiger partial charge in [0.2, 0.25) is 5.91 Å². The predicted octanol–water partition coefficient (Wildman–Crippen LogP) is 2.03. The van der Waals surface area contributed by atoms with E-state index in [0.29, 0.717) is 18.8 Å². The van der Waals surface area contributed by atoms with Crippen molar-refractivity contribution in [3.05, 3.63) is 36.1 Å². The topological polar surface area (TPSA) is 68.3 Å². The van der Waals surface area contributed by atoms with Gasteiger partial charge in [0.1, 0.15) is 11.3 Å². The van der Waals surface area contributed by atoms with Gasteiger partial charge in [-0.15, -0.1) is 12.4 Å². The summed E-state index contributed by atoms with van der Waals surface area (Å²) >= 11 is 0. The summed E-state index contributed by atoms with van der Waals surface area (Å²) in [7, 11) is 0. The van der Waals surface area contributed by atoms with Crippen LogP contribution in [-0.2, 0) is 4.79 Å². The highest BCUT2D eigenvalue weighted by Crippen LogP contribution is 2.24. The number of rotatable bonds is 4. The van der Waals surface area contributed by atoms with Gasteiger partial charge in [0.25, 0.3) is 0 Å². The fraction of sp³-hybridized carbons (Fsp3) is 0.308. The molecule has 3 N–H and O–H groups in total. The Morgan fingerprint density at radius 1 is 1.44 bits per heavy atom. The van der Waals surface area contributed by atoms with E-state index < -0.39 is 0 Å². The summed E-state index contributed by atoms with van der Waals surface area (Å²) in [5.74, 6) is 0.323. The summed E-state index contributed by atoms with van der Waals surface area (Å²) in [5, 5.41) is 3.77. The third kappa shape index (κ3) is 3.03. The smallest absolute Gasteiger partial charge is 0.230 e. The Morgan fingerprint density at radius 3 is 2.83 bits per heavy atom. The standard InChI is InChI=1S/C13H16N2O2.ClH/c1-9(13(16)15-7-6-14)12-8-10-4-2-3-5-11(10)17-12;/h2-5,8-9H,6-7,14H2,1H3,(H,15,16);1H. The molecule has 0 bridgehead atoms. The summed E-state index contributed by atoms with van der Waals surface area (Å²) in [5.41, 5.74) is 6.15. The van der Waals surface area contributed by atoms with Crippen LogP contribution in [0, 0.1) is 0 Å². The van der Waals surface area contributed by atoms with Crippen molar-refractivity contribution in [3.8, 4) is 0 Å². The number of furan rings is 1. The van der Waals surface area contributed by atoms with Gasteiger partial charge in [-0.1, -0.05) is 18.2 Å². The molecular weight excluding hydrogens is 252 g/mol. The molecule has 0 spiro atoms. The van der Waals surface area contributed by atoms with Crippen LogP contribution in [0.3, 0.4) is 0 Å². The molecule has 1 heterocycles. The summed E-state index contributed by atoms with van der Waals surface area (Å²) in [6, 6.07) is 9.62. The Kier molecular flexibility index (Phi) is 5.19. The molecular formula is C13H17ClN2O2. The maximum absolute atomic E-state index is 11.8. The largest absolute Gasteiger partial charge is 0.460 e. The van der Waals surface area contributed by atoms with E-state index in [2.05, 4.69) is 5.32 Å². The van der Waals surface area contributed by atoms with Crippen LogP contribution in [0.1, 0.15) is 18.6 Å². The zero-order chi connectivity index (χ0) is 12.3. The van der Waals surface area contributed by atoms with Crippen molar-refractivity contribution in [2.24, 2.45) is 5.73 Å². The maximum Gasteiger partial charge on any atom is 0.230 e. The van der Waals surface area contributed by atoms with Crippen LogP contribution < -0.4 is 11.1 Å². The Hall–Kier alpha value is -1.52. The van der Waals surface area contributed by atoms with Gasteiger partial charge in [-0.3, -0.25) is 4.79 Å². The van der Waals surface area contributed by atoms with Crippen LogP contribution >= 0.6 is 12.4 Å². The number of nitrogens with one attached hydrogen (secondary N) is 1. The number of fused-ring (bicyclic) bond motifs is 1. The molecule has 0 aliphatic rings. The van der Waals surface area contributed by atoms with Crippen LogP contribution in [-0.4, -0.2) is 19.0 Å². The molecule has 0 fully saturated rings. The lowest BCUT2D eigenvalue weighted by Gasteiger charge is -2.08. The average molecular weight is 269 g/mol. The van der Waals surface area contributed by atoms with Crippen molar-refractivity contribution >= 4 is 29.3 Å². The highest BCUT2D eigenvalue weighted by atomic mass is 35.5. The Bertz CT molecular complexity index is 491. The van der Waals surface area contributed by atoms with Crippen molar-refractivity contribution < 1.29 is 9.21 Å². The third-order valence-corrected chi connectivity index (χ3v) is 2.71. The highest BCUT2D eigenvalue weighted by Gasteiger charge is 2.18. The SMILES string of the molecule is CC(C(=O)NCCN)c1cc2ccccc2o1.Cl. The number of para-hydroxylation sites is 1. The molecule has 0 aliphatic carbocycles. The number of halogens is 1. The molecule has 1 aromatic carbocycles. The summed E-state index contributed by atoms with van der Waals surface area (Å²) in [6.45, 7) is 2.76. The first kappa shape index (κ1) is 14.5. The van der Waals surface area contributed by atoms with Gasteiger partial charge in [0.05, 0.1) is 5.92 Å². The van der Waals surface area contributed by atoms with Gasteiger partial charge in [0.15, 0.2) is 0 Å². The fourth-order valence-corrected chi connectivity index (χ4v) is 1.69. The van der Waals surface area contributed by atoms with Gasteiger partial charge in [-0.05, 0) is 19.1 Å². The van der Waals surface area contributed by atoms with Crippen molar-refractivity contribution in [1.82, 2.24) is 5.32 Å². The minimum atomic E-state index is -0.297. The molecule has 4 nitrogen and oxygen atoms in total. The average Bonchev–Trinajstić information content (AvgIpc) is 2.78. The minimum Gasteiger partial charge on any atom is -0.460 e. The molecule has 2 aromatic rings. The Labute approximate surface area is 112 Å². The van der Waals surface area contributed by atoms with Gasteiger partial charge in [0, 0.05) is 18.5 Å². The van der Waals surface area contributed by atoms with E-state index in [1.54, 1.807) is 0 Å². The van der Waals surface area contributed by atoms with Gasteiger partial charge < -0.3 is 15.5 Å². The second-order valence-corrected chi connectivity index (χ2v) is 3.99. The lowest BCUT2D eigenvalue weighted by Crippen LogP contribution is -2.32. The van der Waals surface area contributed by atoms with Crippen molar-refractivity contribution in [3.63, 3.8) is 0 Å². The van der Waals surface area contributed by atoms with Crippen molar-refractivity contribution in [2.75, 3.05) is 13.1 Å². The molecule has 1 aromatic heterocycles. The maximum atomic E-state index is 11.8. The van der Waals surface area contributed by atoms with Crippen LogP contribution in [0.25, 0.3) is 11.0 Å². The van der Waals surface area contributed by atoms with Crippen LogP contribution in [0.5, 0.6) is 0 Å². The number of amides is 1. The number of carbonyl (C=O) groups excluding carboxylic acids is 1. The van der Waals surface area contributed by atoms with Crippen LogP contribution in [0.15, 0.2) is 34.7 Å². The highest BCUT2D eigenvalue weighted by molar-refractivity contribution is 5.85. The number of nitrogens with two attached hydrogens (primary N) is 1. The van der Waals surface area contributed by atoms with E-state index in [1.807, 2.05) is 37.3 Å².